The zero-order chi connectivity index (χ0) is 11.9. The number of fused-ring (bicyclic) bond motifs is 1. The van der Waals surface area contributed by atoms with Crippen LogP contribution >= 0.6 is 57.6 Å². The Bertz CT molecular complexity index is 467. The van der Waals surface area contributed by atoms with Crippen molar-refractivity contribution < 1.29 is 15.0 Å². The number of phenolic OH excluding ortho intramolecular Hbond substituents is 1. The van der Waals surface area contributed by atoms with Gasteiger partial charge in [-0.2, -0.15) is 0 Å². The maximum atomic E-state index is 11.1. The number of hydrogen-bond acceptors (Lipinski definition) is 3. The van der Waals surface area contributed by atoms with Crippen LogP contribution < -0.4 is 5.32 Å². The van der Waals surface area contributed by atoms with Gasteiger partial charge in [0.2, 0.25) is 0 Å². The van der Waals surface area contributed by atoms with Crippen LogP contribution in [0.1, 0.15) is 17.2 Å². The molecule has 4 nitrogen and oxygen atoms in total. The van der Waals surface area contributed by atoms with Gasteiger partial charge in [0.1, 0.15) is 11.8 Å². The van der Waals surface area contributed by atoms with Gasteiger partial charge in [0.15, 0.2) is 0 Å². The summed E-state index contributed by atoms with van der Waals surface area (Å²) in [6.45, 7) is 0.654. The summed E-state index contributed by atoms with van der Waals surface area (Å²) in [6, 6.07) is 1.16. The normalized spacial score (nSPS) is 18.1. The molecule has 7 heteroatoms. The lowest BCUT2D eigenvalue weighted by Crippen LogP contribution is -2.35. The summed E-state index contributed by atoms with van der Waals surface area (Å²) in [7, 11) is 0. The molecule has 1 aromatic rings. The molecule has 1 aliphatic heterocycles. The Kier molecular flexibility index (Phi) is 5.29. The lowest BCUT2D eigenvalue weighted by Gasteiger charge is -2.25. The first kappa shape index (κ1) is 15.3. The van der Waals surface area contributed by atoms with Gasteiger partial charge in [-0.25, -0.2) is 0 Å². The summed E-state index contributed by atoms with van der Waals surface area (Å²) in [5, 5.41) is 21.9. The molecular formula is C10H10ClI2NO3. The van der Waals surface area contributed by atoms with Crippen molar-refractivity contribution in [1.29, 1.82) is 0 Å². The third kappa shape index (κ3) is 2.79. The number of hydrogen-bond donors (Lipinski definition) is 3. The van der Waals surface area contributed by atoms with E-state index in [0.717, 1.165) is 15.6 Å². The lowest BCUT2D eigenvalue weighted by molar-refractivity contribution is -0.139. The molecule has 2 rings (SSSR count). The third-order valence-electron chi connectivity index (χ3n) is 2.60. The van der Waals surface area contributed by atoms with Crippen molar-refractivity contribution in [1.82, 2.24) is 5.32 Å². The van der Waals surface area contributed by atoms with Gasteiger partial charge >= 0.3 is 5.97 Å². The van der Waals surface area contributed by atoms with Gasteiger partial charge in [0.25, 0.3) is 0 Å². The Morgan fingerprint density at radius 1 is 1.47 bits per heavy atom. The molecule has 0 saturated carbocycles. The molecule has 0 radical (unpaired) electrons. The Hall–Kier alpha value is 0.200. The highest BCUT2D eigenvalue weighted by Crippen LogP contribution is 2.36. The SMILES string of the molecule is Cl.O=C(O)C1NCCc2cc(I)c(O)c(I)c21. The van der Waals surface area contributed by atoms with Crippen LogP contribution in [0.2, 0.25) is 0 Å². The number of rotatable bonds is 1. The minimum Gasteiger partial charge on any atom is -0.506 e. The quantitative estimate of drug-likeness (QED) is 0.539. The molecule has 0 aromatic heterocycles. The van der Waals surface area contributed by atoms with E-state index in [1.54, 1.807) is 0 Å². The van der Waals surface area contributed by atoms with E-state index in [4.69, 9.17) is 5.11 Å². The number of carboxylic acid groups (broad SMARTS) is 1. The average molecular weight is 481 g/mol. The average Bonchev–Trinajstić information content (AvgIpc) is 2.25. The fraction of sp³-hybridized carbons (Fsp3) is 0.300. The molecular weight excluding hydrogens is 471 g/mol. The van der Waals surface area contributed by atoms with Gasteiger partial charge in [0, 0.05) is 12.1 Å². The minimum atomic E-state index is -0.903. The Morgan fingerprint density at radius 2 is 2.12 bits per heavy atom. The smallest absolute Gasteiger partial charge is 0.325 e. The summed E-state index contributed by atoms with van der Waals surface area (Å²) < 4.78 is 1.41. The Labute approximate surface area is 132 Å². The number of nitrogens with one attached hydrogen (secondary N) is 1. The number of phenols is 1. The van der Waals surface area contributed by atoms with Crippen LogP contribution in [0.4, 0.5) is 0 Å². The van der Waals surface area contributed by atoms with Crippen LogP contribution in [-0.4, -0.2) is 22.7 Å². The summed E-state index contributed by atoms with van der Waals surface area (Å²) in [5.41, 5.74) is 1.72. The largest absolute Gasteiger partial charge is 0.506 e. The fourth-order valence-corrected chi connectivity index (χ4v) is 3.97. The van der Waals surface area contributed by atoms with Crippen molar-refractivity contribution in [2.24, 2.45) is 0 Å². The number of carbonyl (C=O) groups is 1. The number of carboxylic acids is 1. The van der Waals surface area contributed by atoms with E-state index in [-0.39, 0.29) is 18.2 Å². The molecule has 3 N–H and O–H groups in total. The van der Waals surface area contributed by atoms with Crippen molar-refractivity contribution in [3.8, 4) is 5.75 Å². The van der Waals surface area contributed by atoms with Crippen LogP contribution in [0.3, 0.4) is 0 Å². The molecule has 0 aliphatic carbocycles. The van der Waals surface area contributed by atoms with E-state index in [9.17, 15) is 9.90 Å². The van der Waals surface area contributed by atoms with E-state index in [1.165, 1.54) is 0 Å². The summed E-state index contributed by atoms with van der Waals surface area (Å²) in [4.78, 5) is 11.1. The lowest BCUT2D eigenvalue weighted by atomic mass is 9.94. The number of benzene rings is 1. The third-order valence-corrected chi connectivity index (χ3v) is 4.51. The summed E-state index contributed by atoms with van der Waals surface area (Å²) in [6.07, 6.45) is 0.797. The van der Waals surface area contributed by atoms with E-state index in [2.05, 4.69) is 27.9 Å². The summed E-state index contributed by atoms with van der Waals surface area (Å²) >= 11 is 4.06. The molecule has 0 fully saturated rings. The fourth-order valence-electron chi connectivity index (χ4n) is 1.86. The monoisotopic (exact) mass is 481 g/mol. The molecule has 0 spiro atoms. The predicted octanol–water partition coefficient (Wildman–Crippen LogP) is 2.29. The van der Waals surface area contributed by atoms with Crippen LogP contribution in [0.25, 0.3) is 0 Å². The summed E-state index contributed by atoms with van der Waals surface area (Å²) in [5.74, 6) is -0.727. The van der Waals surface area contributed by atoms with E-state index >= 15 is 0 Å². The van der Waals surface area contributed by atoms with Crippen molar-refractivity contribution >= 4 is 63.6 Å². The predicted molar refractivity (Wildman–Crippen MR) is 82.9 cm³/mol. The second kappa shape index (κ2) is 5.89. The zero-order valence-electron chi connectivity index (χ0n) is 8.54. The molecule has 1 unspecified atom stereocenters. The standard InChI is InChI=1S/C10H9I2NO3.ClH/c11-5-3-4-1-2-13-8(10(15)16)6(4)7(12)9(5)14;/h3,8,13-14H,1-2H2,(H,15,16);1H. The molecule has 0 saturated heterocycles. The minimum absolute atomic E-state index is 0. The van der Waals surface area contributed by atoms with Gasteiger partial charge < -0.3 is 15.5 Å². The van der Waals surface area contributed by atoms with Crippen LogP contribution in [0.5, 0.6) is 5.75 Å². The number of aliphatic carboxylic acids is 1. The van der Waals surface area contributed by atoms with Crippen LogP contribution in [-0.2, 0) is 11.2 Å². The molecule has 1 atom stereocenters. The van der Waals surface area contributed by atoms with E-state index < -0.39 is 12.0 Å². The van der Waals surface area contributed by atoms with E-state index in [1.807, 2.05) is 28.7 Å². The zero-order valence-corrected chi connectivity index (χ0v) is 13.7. The van der Waals surface area contributed by atoms with Crippen LogP contribution in [0, 0.1) is 7.14 Å². The molecule has 94 valence electrons. The molecule has 17 heavy (non-hydrogen) atoms. The maximum Gasteiger partial charge on any atom is 0.325 e. The van der Waals surface area contributed by atoms with Crippen molar-refractivity contribution in [3.05, 3.63) is 24.3 Å². The van der Waals surface area contributed by atoms with Gasteiger partial charge in [0.05, 0.1) is 7.14 Å². The van der Waals surface area contributed by atoms with Crippen LogP contribution in [0.15, 0.2) is 6.07 Å². The maximum absolute atomic E-state index is 11.1. The second-order valence-corrected chi connectivity index (χ2v) is 5.81. The highest BCUT2D eigenvalue weighted by atomic mass is 127. The molecule has 1 heterocycles. The Balaban J connectivity index is 0.00000144. The van der Waals surface area contributed by atoms with E-state index in [0.29, 0.717) is 15.7 Å². The number of halogens is 3. The van der Waals surface area contributed by atoms with Gasteiger partial charge in [-0.05, 0) is 63.2 Å². The molecule has 1 aliphatic rings. The highest BCUT2D eigenvalue weighted by molar-refractivity contribution is 14.1. The highest BCUT2D eigenvalue weighted by Gasteiger charge is 2.29. The molecule has 0 amide bonds. The van der Waals surface area contributed by atoms with Crippen molar-refractivity contribution in [2.75, 3.05) is 6.54 Å². The molecule has 0 bridgehead atoms. The van der Waals surface area contributed by atoms with Gasteiger partial charge in [-0.3, -0.25) is 4.79 Å². The van der Waals surface area contributed by atoms with Crippen molar-refractivity contribution in [2.45, 2.75) is 12.5 Å². The van der Waals surface area contributed by atoms with Crippen molar-refractivity contribution in [3.63, 3.8) is 0 Å². The first-order valence-corrected chi connectivity index (χ1v) is 6.84. The first-order valence-electron chi connectivity index (χ1n) is 4.68. The topological polar surface area (TPSA) is 69.6 Å². The van der Waals surface area contributed by atoms with Gasteiger partial charge in [-0.15, -0.1) is 12.4 Å². The molecule has 1 aromatic carbocycles. The number of aromatic hydroxyl groups is 1. The van der Waals surface area contributed by atoms with Gasteiger partial charge in [-0.1, -0.05) is 0 Å². The Morgan fingerprint density at radius 3 is 2.71 bits per heavy atom. The second-order valence-electron chi connectivity index (χ2n) is 3.57. The first-order chi connectivity index (χ1) is 7.52.